The standard InChI is InChI=1S/C18H23N5O2/c1-13-3-6-15(17(19)24)12-23(13)18(25)21-16-7-4-14(5-8-16)11-22-10-2-9-20-22/h2,4-5,7-10,13,15H,3,6,11-12H2,1H3,(H2,19,24)(H,21,25). The summed E-state index contributed by atoms with van der Waals surface area (Å²) in [6, 6.07) is 9.45. The third kappa shape index (κ3) is 4.17. The Morgan fingerprint density at radius 3 is 2.68 bits per heavy atom. The van der Waals surface area contributed by atoms with Gasteiger partial charge in [-0.05, 0) is 43.5 Å². The molecule has 0 radical (unpaired) electrons. The maximum absolute atomic E-state index is 12.5. The van der Waals surface area contributed by atoms with E-state index < -0.39 is 0 Å². The molecule has 1 aliphatic rings. The third-order valence-corrected chi connectivity index (χ3v) is 4.65. The Hall–Kier alpha value is -2.83. The molecule has 132 valence electrons. The third-order valence-electron chi connectivity index (χ3n) is 4.65. The van der Waals surface area contributed by atoms with Crippen molar-refractivity contribution < 1.29 is 9.59 Å². The van der Waals surface area contributed by atoms with Gasteiger partial charge in [0.15, 0.2) is 0 Å². The average Bonchev–Trinajstić information content (AvgIpc) is 3.09. The fourth-order valence-corrected chi connectivity index (χ4v) is 3.09. The van der Waals surface area contributed by atoms with Crippen molar-refractivity contribution in [2.45, 2.75) is 32.4 Å². The molecule has 3 rings (SSSR count). The molecule has 2 aromatic rings. The van der Waals surface area contributed by atoms with Crippen molar-refractivity contribution in [1.29, 1.82) is 0 Å². The molecule has 1 aliphatic heterocycles. The fraction of sp³-hybridized carbons (Fsp3) is 0.389. The van der Waals surface area contributed by atoms with Gasteiger partial charge in [0.1, 0.15) is 0 Å². The van der Waals surface area contributed by atoms with E-state index in [4.69, 9.17) is 5.73 Å². The summed E-state index contributed by atoms with van der Waals surface area (Å²) < 4.78 is 1.84. The zero-order valence-corrected chi connectivity index (χ0v) is 14.3. The number of carbonyl (C=O) groups is 2. The lowest BCUT2D eigenvalue weighted by Crippen LogP contribution is -2.50. The highest BCUT2D eigenvalue weighted by Crippen LogP contribution is 2.22. The molecule has 3 amide bonds. The highest BCUT2D eigenvalue weighted by atomic mass is 16.2. The molecule has 7 heteroatoms. The number of anilines is 1. The van der Waals surface area contributed by atoms with Crippen LogP contribution in [0.2, 0.25) is 0 Å². The predicted octanol–water partition coefficient (Wildman–Crippen LogP) is 2.05. The van der Waals surface area contributed by atoms with Crippen molar-refractivity contribution in [1.82, 2.24) is 14.7 Å². The molecule has 1 saturated heterocycles. The topological polar surface area (TPSA) is 93.3 Å². The Morgan fingerprint density at radius 1 is 1.28 bits per heavy atom. The zero-order chi connectivity index (χ0) is 17.8. The van der Waals surface area contributed by atoms with E-state index in [0.29, 0.717) is 13.1 Å². The van der Waals surface area contributed by atoms with Gasteiger partial charge in [-0.3, -0.25) is 9.48 Å². The minimum Gasteiger partial charge on any atom is -0.369 e. The highest BCUT2D eigenvalue weighted by molar-refractivity contribution is 5.90. The van der Waals surface area contributed by atoms with Gasteiger partial charge in [0, 0.05) is 30.7 Å². The van der Waals surface area contributed by atoms with E-state index in [0.717, 1.165) is 24.1 Å². The number of nitrogens with zero attached hydrogens (tertiary/aromatic N) is 3. The summed E-state index contributed by atoms with van der Waals surface area (Å²) in [7, 11) is 0. The lowest BCUT2D eigenvalue weighted by molar-refractivity contribution is -0.123. The maximum atomic E-state index is 12.5. The molecule has 0 saturated carbocycles. The first kappa shape index (κ1) is 17.0. The summed E-state index contributed by atoms with van der Waals surface area (Å²) >= 11 is 0. The smallest absolute Gasteiger partial charge is 0.322 e. The van der Waals surface area contributed by atoms with E-state index in [1.54, 1.807) is 11.1 Å². The van der Waals surface area contributed by atoms with Crippen molar-refractivity contribution in [3.63, 3.8) is 0 Å². The van der Waals surface area contributed by atoms with Gasteiger partial charge in [-0.25, -0.2) is 4.79 Å². The van der Waals surface area contributed by atoms with Gasteiger partial charge in [-0.1, -0.05) is 12.1 Å². The lowest BCUT2D eigenvalue weighted by atomic mass is 9.93. The van der Waals surface area contributed by atoms with Gasteiger partial charge in [-0.15, -0.1) is 0 Å². The Bertz CT molecular complexity index is 726. The van der Waals surface area contributed by atoms with Crippen LogP contribution in [0.15, 0.2) is 42.7 Å². The molecule has 0 aliphatic carbocycles. The number of likely N-dealkylation sites (tertiary alicyclic amines) is 1. The second-order valence-electron chi connectivity index (χ2n) is 6.51. The SMILES string of the molecule is CC1CCC(C(N)=O)CN1C(=O)Nc1ccc(Cn2cccn2)cc1. The molecule has 1 aromatic heterocycles. The monoisotopic (exact) mass is 341 g/mol. The zero-order valence-electron chi connectivity index (χ0n) is 14.3. The molecule has 0 bridgehead atoms. The second-order valence-corrected chi connectivity index (χ2v) is 6.51. The van der Waals surface area contributed by atoms with Crippen LogP contribution in [-0.4, -0.2) is 39.2 Å². The number of aromatic nitrogens is 2. The highest BCUT2D eigenvalue weighted by Gasteiger charge is 2.31. The Balaban J connectivity index is 1.61. The summed E-state index contributed by atoms with van der Waals surface area (Å²) in [6.45, 7) is 3.05. The molecule has 2 atom stereocenters. The Kier molecular flexibility index (Phi) is 5.02. The Morgan fingerprint density at radius 2 is 2.04 bits per heavy atom. The molecule has 0 spiro atoms. The first-order valence-corrected chi connectivity index (χ1v) is 8.46. The summed E-state index contributed by atoms with van der Waals surface area (Å²) in [6.07, 6.45) is 5.17. The normalized spacial score (nSPS) is 20.3. The van der Waals surface area contributed by atoms with E-state index in [9.17, 15) is 9.59 Å². The first-order valence-electron chi connectivity index (χ1n) is 8.46. The summed E-state index contributed by atoms with van der Waals surface area (Å²) in [5, 5.41) is 7.08. The number of rotatable bonds is 4. The number of benzene rings is 1. The van der Waals surface area contributed by atoms with Crippen LogP contribution in [0, 0.1) is 5.92 Å². The second kappa shape index (κ2) is 7.38. The van der Waals surface area contributed by atoms with E-state index in [1.165, 1.54) is 0 Å². The number of nitrogens with one attached hydrogen (secondary N) is 1. The van der Waals surface area contributed by atoms with Crippen molar-refractivity contribution >= 4 is 17.6 Å². The first-order chi connectivity index (χ1) is 12.0. The molecular weight excluding hydrogens is 318 g/mol. The molecule has 3 N–H and O–H groups in total. The number of piperidine rings is 1. The molecule has 2 heterocycles. The minimum atomic E-state index is -0.340. The minimum absolute atomic E-state index is 0.0923. The number of amides is 3. The number of carbonyl (C=O) groups excluding carboxylic acids is 2. The van der Waals surface area contributed by atoms with Crippen molar-refractivity contribution in [2.75, 3.05) is 11.9 Å². The molecule has 1 aromatic carbocycles. The van der Waals surface area contributed by atoms with Crippen LogP contribution in [0.25, 0.3) is 0 Å². The molecule has 25 heavy (non-hydrogen) atoms. The van der Waals surface area contributed by atoms with Gasteiger partial charge in [-0.2, -0.15) is 5.10 Å². The maximum Gasteiger partial charge on any atom is 0.322 e. The average molecular weight is 341 g/mol. The fourth-order valence-electron chi connectivity index (χ4n) is 3.09. The van der Waals surface area contributed by atoms with Crippen LogP contribution in [-0.2, 0) is 11.3 Å². The lowest BCUT2D eigenvalue weighted by Gasteiger charge is -2.36. The van der Waals surface area contributed by atoms with E-state index in [1.807, 2.05) is 48.1 Å². The van der Waals surface area contributed by atoms with Crippen molar-refractivity contribution in [3.8, 4) is 0 Å². The summed E-state index contributed by atoms with van der Waals surface area (Å²) in [4.78, 5) is 25.6. The van der Waals surface area contributed by atoms with Crippen molar-refractivity contribution in [2.24, 2.45) is 11.7 Å². The largest absolute Gasteiger partial charge is 0.369 e. The van der Waals surface area contributed by atoms with Gasteiger partial charge >= 0.3 is 6.03 Å². The summed E-state index contributed by atoms with van der Waals surface area (Å²) in [5.41, 5.74) is 7.22. The van der Waals surface area contributed by atoms with Crippen LogP contribution in [0.5, 0.6) is 0 Å². The molecule has 1 fully saturated rings. The number of nitrogens with two attached hydrogens (primary N) is 1. The van der Waals surface area contributed by atoms with Crippen LogP contribution in [0.3, 0.4) is 0 Å². The number of hydrogen-bond acceptors (Lipinski definition) is 3. The molecule has 7 nitrogen and oxygen atoms in total. The number of primary amides is 1. The number of urea groups is 1. The van der Waals surface area contributed by atoms with Gasteiger partial charge in [0.05, 0.1) is 12.5 Å². The van der Waals surface area contributed by atoms with Crippen LogP contribution < -0.4 is 11.1 Å². The molecule has 2 unspecified atom stereocenters. The molecular formula is C18H23N5O2. The Labute approximate surface area is 146 Å². The van der Waals surface area contributed by atoms with Gasteiger partial charge in [0.2, 0.25) is 5.91 Å². The van der Waals surface area contributed by atoms with Crippen LogP contribution in [0.4, 0.5) is 10.5 Å². The predicted molar refractivity (Wildman–Crippen MR) is 94.9 cm³/mol. The summed E-state index contributed by atoms with van der Waals surface area (Å²) in [5.74, 6) is -0.605. The van der Waals surface area contributed by atoms with Gasteiger partial charge in [0.25, 0.3) is 0 Å². The quantitative estimate of drug-likeness (QED) is 0.891. The van der Waals surface area contributed by atoms with E-state index in [-0.39, 0.29) is 23.9 Å². The van der Waals surface area contributed by atoms with E-state index >= 15 is 0 Å². The van der Waals surface area contributed by atoms with Crippen molar-refractivity contribution in [3.05, 3.63) is 48.3 Å². The van der Waals surface area contributed by atoms with Crippen LogP contribution in [0.1, 0.15) is 25.3 Å². The van der Waals surface area contributed by atoms with E-state index in [2.05, 4.69) is 10.4 Å². The van der Waals surface area contributed by atoms with Gasteiger partial charge < -0.3 is 16.0 Å². The number of hydrogen-bond donors (Lipinski definition) is 2. The van der Waals surface area contributed by atoms with Crippen LogP contribution >= 0.6 is 0 Å².